The fourth-order valence-corrected chi connectivity index (χ4v) is 2.92. The molecule has 0 spiro atoms. The number of likely N-dealkylation sites (tertiary alicyclic amines) is 1. The first-order valence-corrected chi connectivity index (χ1v) is 8.69. The molecule has 0 amide bonds. The van der Waals surface area contributed by atoms with Crippen LogP contribution in [-0.4, -0.2) is 49.7 Å². The normalized spacial score (nSPS) is 18.4. The van der Waals surface area contributed by atoms with Crippen LogP contribution in [0, 0.1) is 0 Å². The Hall–Kier alpha value is -0.860. The van der Waals surface area contributed by atoms with E-state index in [4.69, 9.17) is 10.5 Å². The van der Waals surface area contributed by atoms with Crippen LogP contribution < -0.4 is 11.1 Å². The Kier molecular flexibility index (Phi) is 11.0. The van der Waals surface area contributed by atoms with Gasteiger partial charge >= 0.3 is 0 Å². The maximum atomic E-state index is 5.94. The fraction of sp³-hybridized carbons (Fsp3) is 0.611. The zero-order valence-corrected chi connectivity index (χ0v) is 16.9. The van der Waals surface area contributed by atoms with Crippen molar-refractivity contribution in [3.05, 3.63) is 35.9 Å². The molecule has 0 saturated carbocycles. The van der Waals surface area contributed by atoms with Gasteiger partial charge in [-0.2, -0.15) is 0 Å². The molecule has 1 saturated heterocycles. The molecule has 1 atom stereocenters. The lowest BCUT2D eigenvalue weighted by Crippen LogP contribution is -2.36. The van der Waals surface area contributed by atoms with Crippen molar-refractivity contribution in [2.45, 2.75) is 38.8 Å². The highest BCUT2D eigenvalue weighted by Crippen LogP contribution is 2.20. The highest BCUT2D eigenvalue weighted by Gasteiger charge is 2.24. The maximum absolute atomic E-state index is 5.94. The van der Waals surface area contributed by atoms with E-state index in [2.05, 4.69) is 45.5 Å². The second-order valence-electron chi connectivity index (χ2n) is 5.96. The average Bonchev–Trinajstić information content (AvgIpc) is 3.01. The summed E-state index contributed by atoms with van der Waals surface area (Å²) < 4.78 is 5.30. The summed E-state index contributed by atoms with van der Waals surface area (Å²) in [5, 5.41) is 3.16. The third kappa shape index (κ3) is 7.81. The van der Waals surface area contributed by atoms with Gasteiger partial charge in [-0.25, -0.2) is 0 Å². The Balaban J connectivity index is 0.00000288. The summed E-state index contributed by atoms with van der Waals surface area (Å²) in [5.41, 5.74) is 7.31. The summed E-state index contributed by atoms with van der Waals surface area (Å²) in [6, 6.07) is 11.1. The summed E-state index contributed by atoms with van der Waals surface area (Å²) in [7, 11) is 0. The van der Waals surface area contributed by atoms with Crippen LogP contribution in [0.4, 0.5) is 0 Å². The van der Waals surface area contributed by atoms with Crippen molar-refractivity contribution in [1.82, 2.24) is 10.2 Å². The summed E-state index contributed by atoms with van der Waals surface area (Å²) in [6.45, 7) is 7.28. The molecule has 1 unspecified atom stereocenters. The minimum Gasteiger partial charge on any atom is -0.382 e. The topological polar surface area (TPSA) is 62.9 Å². The van der Waals surface area contributed by atoms with Crippen LogP contribution in [0.2, 0.25) is 0 Å². The summed E-state index contributed by atoms with van der Waals surface area (Å²) in [4.78, 5) is 7.03. The number of rotatable bonds is 9. The summed E-state index contributed by atoms with van der Waals surface area (Å²) in [6.07, 6.45) is 3.40. The molecule has 1 aliphatic heterocycles. The number of nitrogens with zero attached hydrogens (tertiary/aromatic N) is 2. The monoisotopic (exact) mass is 446 g/mol. The molecule has 3 N–H and O–H groups in total. The van der Waals surface area contributed by atoms with Gasteiger partial charge < -0.3 is 15.8 Å². The van der Waals surface area contributed by atoms with Crippen LogP contribution >= 0.6 is 24.0 Å². The van der Waals surface area contributed by atoms with E-state index in [9.17, 15) is 0 Å². The number of guanidine groups is 1. The van der Waals surface area contributed by atoms with Crippen LogP contribution in [0.3, 0.4) is 0 Å². The molecule has 1 aromatic carbocycles. The van der Waals surface area contributed by atoms with Crippen LogP contribution in [0.5, 0.6) is 0 Å². The molecular weight excluding hydrogens is 415 g/mol. The van der Waals surface area contributed by atoms with E-state index in [0.717, 1.165) is 45.8 Å². The second kappa shape index (κ2) is 12.5. The molecule has 136 valence electrons. The van der Waals surface area contributed by atoms with E-state index in [-0.39, 0.29) is 24.0 Å². The zero-order chi connectivity index (χ0) is 16.3. The first kappa shape index (κ1) is 21.2. The Bertz CT molecular complexity index is 469. The molecule has 1 aromatic rings. The molecule has 5 nitrogen and oxygen atoms in total. The van der Waals surface area contributed by atoms with E-state index in [0.29, 0.717) is 12.0 Å². The highest BCUT2D eigenvalue weighted by molar-refractivity contribution is 14.0. The zero-order valence-electron chi connectivity index (χ0n) is 14.6. The van der Waals surface area contributed by atoms with Crippen molar-refractivity contribution in [1.29, 1.82) is 0 Å². The van der Waals surface area contributed by atoms with Gasteiger partial charge in [-0.05, 0) is 38.3 Å². The van der Waals surface area contributed by atoms with Gasteiger partial charge in [0.25, 0.3) is 0 Å². The van der Waals surface area contributed by atoms with Crippen molar-refractivity contribution in [3.8, 4) is 0 Å². The molecule has 6 heteroatoms. The SMILES string of the molecule is CCOCCCNC(N)=NCC1CCCN1Cc1ccccc1.I. The largest absolute Gasteiger partial charge is 0.382 e. The van der Waals surface area contributed by atoms with Gasteiger partial charge in [0, 0.05) is 32.3 Å². The number of nitrogens with one attached hydrogen (secondary N) is 1. The minimum atomic E-state index is 0. The van der Waals surface area contributed by atoms with Crippen molar-refractivity contribution < 1.29 is 4.74 Å². The predicted octanol–water partition coefficient (Wildman–Crippen LogP) is 2.60. The van der Waals surface area contributed by atoms with Crippen LogP contribution in [0.1, 0.15) is 31.7 Å². The lowest BCUT2D eigenvalue weighted by atomic mass is 10.2. The van der Waals surface area contributed by atoms with Crippen molar-refractivity contribution >= 4 is 29.9 Å². The third-order valence-corrected chi connectivity index (χ3v) is 4.18. The predicted molar refractivity (Wildman–Crippen MR) is 111 cm³/mol. The van der Waals surface area contributed by atoms with Gasteiger partial charge in [-0.3, -0.25) is 9.89 Å². The van der Waals surface area contributed by atoms with Crippen LogP contribution in [-0.2, 0) is 11.3 Å². The number of halogens is 1. The maximum Gasteiger partial charge on any atom is 0.188 e. The van der Waals surface area contributed by atoms with Gasteiger partial charge in [0.1, 0.15) is 0 Å². The summed E-state index contributed by atoms with van der Waals surface area (Å²) >= 11 is 0. The number of hydrogen-bond acceptors (Lipinski definition) is 3. The van der Waals surface area contributed by atoms with Gasteiger partial charge in [0.2, 0.25) is 0 Å². The molecule has 2 rings (SSSR count). The fourth-order valence-electron chi connectivity index (χ4n) is 2.92. The Labute approximate surface area is 163 Å². The molecule has 0 aliphatic carbocycles. The van der Waals surface area contributed by atoms with Crippen molar-refractivity contribution in [3.63, 3.8) is 0 Å². The molecular formula is C18H31IN4O. The van der Waals surface area contributed by atoms with Crippen LogP contribution in [0.15, 0.2) is 35.3 Å². The Morgan fingerprint density at radius 1 is 1.38 bits per heavy atom. The quantitative estimate of drug-likeness (QED) is 0.265. The van der Waals surface area contributed by atoms with Crippen LogP contribution in [0.25, 0.3) is 0 Å². The standard InChI is InChI=1S/C18H30N4O.HI/c1-2-23-13-7-11-20-18(19)21-14-17-10-6-12-22(17)15-16-8-4-3-5-9-16;/h3-5,8-9,17H,2,6-7,10-15H2,1H3,(H3,19,20,21);1H. The van der Waals surface area contributed by atoms with E-state index in [1.165, 1.54) is 18.4 Å². The number of benzene rings is 1. The van der Waals surface area contributed by atoms with Gasteiger partial charge in [-0.1, -0.05) is 30.3 Å². The first-order valence-electron chi connectivity index (χ1n) is 8.69. The van der Waals surface area contributed by atoms with Crippen molar-refractivity contribution in [2.75, 3.05) is 32.8 Å². The molecule has 24 heavy (non-hydrogen) atoms. The molecule has 1 fully saturated rings. The number of hydrogen-bond donors (Lipinski definition) is 2. The van der Waals surface area contributed by atoms with Gasteiger partial charge in [0.15, 0.2) is 5.96 Å². The second-order valence-corrected chi connectivity index (χ2v) is 5.96. The number of aliphatic imine (C=N–C) groups is 1. The lowest BCUT2D eigenvalue weighted by molar-refractivity contribution is 0.145. The molecule has 1 aliphatic rings. The highest BCUT2D eigenvalue weighted by atomic mass is 127. The summed E-state index contributed by atoms with van der Waals surface area (Å²) in [5.74, 6) is 0.549. The molecule has 0 radical (unpaired) electrons. The van der Waals surface area contributed by atoms with E-state index >= 15 is 0 Å². The van der Waals surface area contributed by atoms with E-state index < -0.39 is 0 Å². The molecule has 1 heterocycles. The van der Waals surface area contributed by atoms with Crippen molar-refractivity contribution in [2.24, 2.45) is 10.7 Å². The first-order chi connectivity index (χ1) is 11.3. The average molecular weight is 446 g/mol. The van der Waals surface area contributed by atoms with E-state index in [1.807, 2.05) is 6.92 Å². The molecule has 0 bridgehead atoms. The number of ether oxygens (including phenoxy) is 1. The lowest BCUT2D eigenvalue weighted by Gasteiger charge is -2.23. The third-order valence-electron chi connectivity index (χ3n) is 4.18. The number of nitrogens with two attached hydrogens (primary N) is 1. The molecule has 0 aromatic heterocycles. The minimum absolute atomic E-state index is 0. The van der Waals surface area contributed by atoms with E-state index in [1.54, 1.807) is 0 Å². The Morgan fingerprint density at radius 2 is 2.17 bits per heavy atom. The van der Waals surface area contributed by atoms with Gasteiger partial charge in [-0.15, -0.1) is 24.0 Å². The smallest absolute Gasteiger partial charge is 0.188 e. The Morgan fingerprint density at radius 3 is 2.92 bits per heavy atom. The van der Waals surface area contributed by atoms with Gasteiger partial charge in [0.05, 0.1) is 6.54 Å².